The summed E-state index contributed by atoms with van der Waals surface area (Å²) < 4.78 is 26.2. The third-order valence-corrected chi connectivity index (χ3v) is 5.63. The SMILES string of the molecule is O=C1CCN(S(=O)(=O)C2CCCNC2)CCN1. The Hall–Kier alpha value is -0.660. The van der Waals surface area contributed by atoms with Gasteiger partial charge in [0.05, 0.1) is 5.25 Å². The normalized spacial score (nSPS) is 28.5. The summed E-state index contributed by atoms with van der Waals surface area (Å²) in [5.41, 5.74) is 0. The molecule has 2 aliphatic heterocycles. The van der Waals surface area contributed by atoms with Gasteiger partial charge in [-0.1, -0.05) is 0 Å². The van der Waals surface area contributed by atoms with Crippen LogP contribution in [0.4, 0.5) is 0 Å². The van der Waals surface area contributed by atoms with Crippen molar-refractivity contribution in [1.29, 1.82) is 0 Å². The first-order chi connectivity index (χ1) is 8.10. The second-order valence-corrected chi connectivity index (χ2v) is 6.73. The summed E-state index contributed by atoms with van der Waals surface area (Å²) in [6.07, 6.45) is 1.88. The standard InChI is InChI=1S/C10H19N3O3S/c14-10-3-6-13(7-5-12-10)17(15,16)9-2-1-4-11-8-9/h9,11H,1-8H2,(H,12,14). The van der Waals surface area contributed by atoms with Crippen molar-refractivity contribution >= 4 is 15.9 Å². The molecular weight excluding hydrogens is 242 g/mol. The predicted octanol–water partition coefficient (Wildman–Crippen LogP) is -1.11. The maximum Gasteiger partial charge on any atom is 0.221 e. The predicted molar refractivity (Wildman–Crippen MR) is 64.0 cm³/mol. The Morgan fingerprint density at radius 1 is 1.24 bits per heavy atom. The Bertz CT molecular complexity index is 376. The Labute approximate surface area is 102 Å². The third-order valence-electron chi connectivity index (χ3n) is 3.30. The van der Waals surface area contributed by atoms with Crippen LogP contribution in [0, 0.1) is 0 Å². The van der Waals surface area contributed by atoms with Crippen molar-refractivity contribution in [3.05, 3.63) is 0 Å². The second kappa shape index (κ2) is 5.32. The first-order valence-electron chi connectivity index (χ1n) is 6.07. The molecule has 0 aromatic heterocycles. The van der Waals surface area contributed by atoms with E-state index in [2.05, 4.69) is 10.6 Å². The van der Waals surface area contributed by atoms with Crippen LogP contribution in [0.1, 0.15) is 19.3 Å². The summed E-state index contributed by atoms with van der Waals surface area (Å²) in [5, 5.41) is 5.48. The topological polar surface area (TPSA) is 78.5 Å². The van der Waals surface area contributed by atoms with Crippen molar-refractivity contribution in [2.45, 2.75) is 24.5 Å². The first-order valence-corrected chi connectivity index (χ1v) is 7.57. The summed E-state index contributed by atoms with van der Waals surface area (Å²) in [6.45, 7) is 2.54. The molecule has 0 saturated carbocycles. The lowest BCUT2D eigenvalue weighted by Gasteiger charge is -2.28. The van der Waals surface area contributed by atoms with Crippen molar-refractivity contribution in [1.82, 2.24) is 14.9 Å². The average Bonchev–Trinajstić information content (AvgIpc) is 2.55. The van der Waals surface area contributed by atoms with Crippen LogP contribution >= 0.6 is 0 Å². The summed E-state index contributed by atoms with van der Waals surface area (Å²) in [7, 11) is -3.25. The fourth-order valence-electron chi connectivity index (χ4n) is 2.29. The summed E-state index contributed by atoms with van der Waals surface area (Å²) in [6, 6.07) is 0. The maximum atomic E-state index is 12.3. The van der Waals surface area contributed by atoms with Crippen molar-refractivity contribution in [3.8, 4) is 0 Å². The van der Waals surface area contributed by atoms with Gasteiger partial charge in [-0.3, -0.25) is 4.79 Å². The van der Waals surface area contributed by atoms with E-state index in [1.165, 1.54) is 4.31 Å². The number of sulfonamides is 1. The third kappa shape index (κ3) is 2.97. The van der Waals surface area contributed by atoms with Gasteiger partial charge in [-0.2, -0.15) is 4.31 Å². The number of carbonyl (C=O) groups excluding carboxylic acids is 1. The lowest BCUT2D eigenvalue weighted by atomic mass is 10.2. The fraction of sp³-hybridized carbons (Fsp3) is 0.900. The molecule has 0 radical (unpaired) electrons. The highest BCUT2D eigenvalue weighted by atomic mass is 32.2. The molecular formula is C10H19N3O3S. The first kappa shape index (κ1) is 12.8. The Balaban J connectivity index is 2.05. The van der Waals surface area contributed by atoms with E-state index in [1.807, 2.05) is 0 Å². The van der Waals surface area contributed by atoms with Crippen LogP contribution in [0.25, 0.3) is 0 Å². The average molecular weight is 261 g/mol. The van der Waals surface area contributed by atoms with Gasteiger partial charge in [0.2, 0.25) is 15.9 Å². The van der Waals surface area contributed by atoms with Crippen LogP contribution < -0.4 is 10.6 Å². The molecule has 2 N–H and O–H groups in total. The van der Waals surface area contributed by atoms with Crippen molar-refractivity contribution in [2.75, 3.05) is 32.7 Å². The molecule has 2 heterocycles. The van der Waals surface area contributed by atoms with Gasteiger partial charge in [0, 0.05) is 32.6 Å². The number of amides is 1. The van der Waals surface area contributed by atoms with E-state index in [-0.39, 0.29) is 17.6 Å². The molecule has 1 amide bonds. The molecule has 2 fully saturated rings. The lowest BCUT2D eigenvalue weighted by molar-refractivity contribution is -0.120. The molecule has 2 rings (SSSR count). The largest absolute Gasteiger partial charge is 0.355 e. The number of piperidine rings is 1. The minimum absolute atomic E-state index is 0.0653. The molecule has 6 nitrogen and oxygen atoms in total. The van der Waals surface area contributed by atoms with Gasteiger partial charge in [-0.05, 0) is 19.4 Å². The molecule has 0 spiro atoms. The van der Waals surface area contributed by atoms with E-state index in [9.17, 15) is 13.2 Å². The zero-order chi connectivity index (χ0) is 12.3. The molecule has 98 valence electrons. The van der Waals surface area contributed by atoms with E-state index in [1.54, 1.807) is 0 Å². The molecule has 0 aromatic carbocycles. The number of hydrogen-bond acceptors (Lipinski definition) is 4. The van der Waals surface area contributed by atoms with Crippen LogP contribution in [0.3, 0.4) is 0 Å². The monoisotopic (exact) mass is 261 g/mol. The van der Waals surface area contributed by atoms with Gasteiger partial charge in [0.15, 0.2) is 0 Å². The van der Waals surface area contributed by atoms with Crippen LogP contribution in [0.2, 0.25) is 0 Å². The van der Waals surface area contributed by atoms with E-state index in [4.69, 9.17) is 0 Å². The van der Waals surface area contributed by atoms with E-state index >= 15 is 0 Å². The molecule has 7 heteroatoms. The Morgan fingerprint density at radius 2 is 2.06 bits per heavy atom. The molecule has 0 aliphatic carbocycles. The Morgan fingerprint density at radius 3 is 2.76 bits per heavy atom. The number of nitrogens with zero attached hydrogens (tertiary/aromatic N) is 1. The number of carbonyl (C=O) groups is 1. The molecule has 0 aromatic rings. The highest BCUT2D eigenvalue weighted by Gasteiger charge is 2.33. The number of rotatable bonds is 2. The van der Waals surface area contributed by atoms with E-state index in [0.717, 1.165) is 13.0 Å². The van der Waals surface area contributed by atoms with Crippen LogP contribution in [-0.4, -0.2) is 56.6 Å². The second-order valence-electron chi connectivity index (χ2n) is 4.51. The molecule has 1 atom stereocenters. The van der Waals surface area contributed by atoms with Crippen molar-refractivity contribution in [2.24, 2.45) is 0 Å². The van der Waals surface area contributed by atoms with Gasteiger partial charge in [0.1, 0.15) is 0 Å². The van der Waals surface area contributed by atoms with Crippen molar-refractivity contribution < 1.29 is 13.2 Å². The smallest absolute Gasteiger partial charge is 0.221 e. The zero-order valence-electron chi connectivity index (χ0n) is 9.81. The molecule has 17 heavy (non-hydrogen) atoms. The van der Waals surface area contributed by atoms with Gasteiger partial charge in [-0.15, -0.1) is 0 Å². The van der Waals surface area contributed by atoms with Gasteiger partial charge >= 0.3 is 0 Å². The molecule has 1 unspecified atom stereocenters. The molecule has 0 bridgehead atoms. The number of hydrogen-bond donors (Lipinski definition) is 2. The summed E-state index contributed by atoms with van der Waals surface area (Å²) in [5.74, 6) is -0.0653. The Kier molecular flexibility index (Phi) is 4.01. The highest BCUT2D eigenvalue weighted by molar-refractivity contribution is 7.89. The van der Waals surface area contributed by atoms with E-state index < -0.39 is 10.0 Å². The highest BCUT2D eigenvalue weighted by Crippen LogP contribution is 2.17. The van der Waals surface area contributed by atoms with Gasteiger partial charge in [-0.25, -0.2) is 8.42 Å². The van der Waals surface area contributed by atoms with Crippen LogP contribution in [0.5, 0.6) is 0 Å². The zero-order valence-corrected chi connectivity index (χ0v) is 10.6. The summed E-state index contributed by atoms with van der Waals surface area (Å²) in [4.78, 5) is 11.2. The van der Waals surface area contributed by atoms with Crippen molar-refractivity contribution in [3.63, 3.8) is 0 Å². The lowest BCUT2D eigenvalue weighted by Crippen LogP contribution is -2.47. The fourth-order valence-corrected chi connectivity index (χ4v) is 4.19. The number of nitrogens with one attached hydrogen (secondary N) is 2. The maximum absolute atomic E-state index is 12.3. The van der Waals surface area contributed by atoms with Gasteiger partial charge < -0.3 is 10.6 Å². The minimum atomic E-state index is -3.25. The van der Waals surface area contributed by atoms with Gasteiger partial charge in [0.25, 0.3) is 0 Å². The quantitative estimate of drug-likeness (QED) is 0.661. The molecule has 2 aliphatic rings. The minimum Gasteiger partial charge on any atom is -0.355 e. The molecule has 2 saturated heterocycles. The van der Waals surface area contributed by atoms with Crippen LogP contribution in [-0.2, 0) is 14.8 Å². The van der Waals surface area contributed by atoms with Crippen LogP contribution in [0.15, 0.2) is 0 Å². The van der Waals surface area contributed by atoms with E-state index in [0.29, 0.717) is 32.6 Å². The summed E-state index contributed by atoms with van der Waals surface area (Å²) >= 11 is 0.